The first-order chi connectivity index (χ1) is 9.74. The lowest BCUT2D eigenvalue weighted by Crippen LogP contribution is -2.43. The van der Waals surface area contributed by atoms with E-state index in [-0.39, 0.29) is 0 Å². The predicted molar refractivity (Wildman–Crippen MR) is 85.1 cm³/mol. The average Bonchev–Trinajstić information content (AvgIpc) is 2.66. The molecule has 2 rings (SSSR count). The quantitative estimate of drug-likeness (QED) is 0.758. The van der Waals surface area contributed by atoms with E-state index in [2.05, 4.69) is 24.3 Å². The fourth-order valence-electron chi connectivity index (χ4n) is 4.25. The van der Waals surface area contributed by atoms with E-state index in [9.17, 15) is 0 Å². The highest BCUT2D eigenvalue weighted by Crippen LogP contribution is 2.35. The normalized spacial score (nSPS) is 24.8. The lowest BCUT2D eigenvalue weighted by atomic mass is 9.79. The van der Waals surface area contributed by atoms with E-state index in [1.54, 1.807) is 0 Å². The molecule has 0 aromatic carbocycles. The summed E-state index contributed by atoms with van der Waals surface area (Å²) in [6.07, 6.45) is 11.1. The van der Waals surface area contributed by atoms with Gasteiger partial charge in [0.1, 0.15) is 0 Å². The van der Waals surface area contributed by atoms with E-state index >= 15 is 0 Å². The molecule has 20 heavy (non-hydrogen) atoms. The maximum absolute atomic E-state index is 5.48. The Labute approximate surface area is 125 Å². The molecule has 1 aliphatic heterocycles. The van der Waals surface area contributed by atoms with Gasteiger partial charge in [0.05, 0.1) is 0 Å². The number of nitrogens with zero attached hydrogens (tertiary/aromatic N) is 1. The molecule has 1 saturated carbocycles. The lowest BCUT2D eigenvalue weighted by molar-refractivity contribution is 0.0477. The van der Waals surface area contributed by atoms with E-state index in [0.717, 1.165) is 19.1 Å². The van der Waals surface area contributed by atoms with Gasteiger partial charge in [0.2, 0.25) is 0 Å². The van der Waals surface area contributed by atoms with E-state index < -0.39 is 0 Å². The van der Waals surface area contributed by atoms with Gasteiger partial charge >= 0.3 is 0 Å². The van der Waals surface area contributed by atoms with Crippen LogP contribution in [0.3, 0.4) is 0 Å². The Morgan fingerprint density at radius 2 is 1.75 bits per heavy atom. The Morgan fingerprint density at radius 1 is 1.10 bits per heavy atom. The summed E-state index contributed by atoms with van der Waals surface area (Å²) in [4.78, 5) is 2.61. The molecule has 0 aromatic rings. The molecule has 0 radical (unpaired) electrons. The van der Waals surface area contributed by atoms with Crippen LogP contribution in [-0.2, 0) is 4.74 Å². The molecule has 0 unspecified atom stereocenters. The number of hydrogen-bond acceptors (Lipinski definition) is 3. The third-order valence-electron chi connectivity index (χ3n) is 5.23. The van der Waals surface area contributed by atoms with Crippen LogP contribution in [0.25, 0.3) is 0 Å². The molecule has 3 nitrogen and oxygen atoms in total. The largest absolute Gasteiger partial charge is 0.381 e. The highest BCUT2D eigenvalue weighted by Gasteiger charge is 2.32. The van der Waals surface area contributed by atoms with Gasteiger partial charge in [-0.25, -0.2) is 0 Å². The van der Waals surface area contributed by atoms with Gasteiger partial charge in [-0.3, -0.25) is 0 Å². The maximum atomic E-state index is 5.48. The van der Waals surface area contributed by atoms with Crippen LogP contribution in [0.1, 0.15) is 51.4 Å². The highest BCUT2D eigenvalue weighted by atomic mass is 16.5. The summed E-state index contributed by atoms with van der Waals surface area (Å²) < 4.78 is 5.48. The second-order valence-electron chi connectivity index (χ2n) is 7.20. The van der Waals surface area contributed by atoms with Gasteiger partial charge in [-0.1, -0.05) is 25.7 Å². The summed E-state index contributed by atoms with van der Waals surface area (Å²) in [6.45, 7) is 5.66. The molecule has 1 N–H and O–H groups in total. The Kier molecular flexibility index (Phi) is 6.79. The van der Waals surface area contributed by atoms with Crippen LogP contribution in [0.5, 0.6) is 0 Å². The first-order valence-corrected chi connectivity index (χ1v) is 8.65. The van der Waals surface area contributed by atoms with E-state index in [1.165, 1.54) is 71.0 Å². The van der Waals surface area contributed by atoms with Crippen molar-refractivity contribution >= 4 is 0 Å². The van der Waals surface area contributed by atoms with Crippen molar-refractivity contribution in [2.75, 3.05) is 46.9 Å². The zero-order valence-electron chi connectivity index (χ0n) is 13.6. The van der Waals surface area contributed by atoms with Gasteiger partial charge in [-0.05, 0) is 51.1 Å². The van der Waals surface area contributed by atoms with Crippen molar-refractivity contribution < 1.29 is 4.74 Å². The number of ether oxygens (including phenoxy) is 1. The van der Waals surface area contributed by atoms with Crippen LogP contribution in [0.4, 0.5) is 0 Å². The molecule has 2 fully saturated rings. The maximum Gasteiger partial charge on any atom is 0.0469 e. The van der Waals surface area contributed by atoms with Gasteiger partial charge in [-0.15, -0.1) is 0 Å². The molecule has 1 aliphatic carbocycles. The Bertz CT molecular complexity index is 256. The molecule has 2 aliphatic rings. The fourth-order valence-corrected chi connectivity index (χ4v) is 4.25. The SMILES string of the molecule is CNCC1(CN(C)CC2CCOCC2)CCCCCC1. The van der Waals surface area contributed by atoms with Crippen molar-refractivity contribution in [3.05, 3.63) is 0 Å². The van der Waals surface area contributed by atoms with Crippen LogP contribution in [0, 0.1) is 11.3 Å². The van der Waals surface area contributed by atoms with Crippen molar-refractivity contribution in [3.63, 3.8) is 0 Å². The molecular formula is C17H34N2O. The van der Waals surface area contributed by atoms with Crippen LogP contribution in [0.2, 0.25) is 0 Å². The molecule has 0 bridgehead atoms. The van der Waals surface area contributed by atoms with Crippen LogP contribution < -0.4 is 5.32 Å². The summed E-state index contributed by atoms with van der Waals surface area (Å²) in [5.41, 5.74) is 0.519. The smallest absolute Gasteiger partial charge is 0.0469 e. The molecule has 3 heteroatoms. The fraction of sp³-hybridized carbons (Fsp3) is 1.00. The van der Waals surface area contributed by atoms with Crippen molar-refractivity contribution in [2.24, 2.45) is 11.3 Å². The van der Waals surface area contributed by atoms with Crippen molar-refractivity contribution in [3.8, 4) is 0 Å². The first kappa shape index (κ1) is 16.3. The van der Waals surface area contributed by atoms with E-state index in [4.69, 9.17) is 4.74 Å². The van der Waals surface area contributed by atoms with Crippen LogP contribution in [0.15, 0.2) is 0 Å². The van der Waals surface area contributed by atoms with E-state index in [1.807, 2.05) is 0 Å². The van der Waals surface area contributed by atoms with Gasteiger partial charge in [-0.2, -0.15) is 0 Å². The molecule has 0 spiro atoms. The van der Waals surface area contributed by atoms with Gasteiger partial charge in [0, 0.05) is 32.8 Å². The minimum atomic E-state index is 0.519. The number of rotatable bonds is 6. The first-order valence-electron chi connectivity index (χ1n) is 8.65. The molecule has 118 valence electrons. The third-order valence-corrected chi connectivity index (χ3v) is 5.23. The van der Waals surface area contributed by atoms with Crippen molar-refractivity contribution in [2.45, 2.75) is 51.4 Å². The Balaban J connectivity index is 1.85. The molecule has 1 heterocycles. The number of hydrogen-bond donors (Lipinski definition) is 1. The molecule has 0 amide bonds. The van der Waals surface area contributed by atoms with Crippen LogP contribution in [-0.4, -0.2) is 51.8 Å². The summed E-state index contributed by atoms with van der Waals surface area (Å²) in [5.74, 6) is 0.853. The molecule has 0 aromatic heterocycles. The van der Waals surface area contributed by atoms with Gasteiger partial charge in [0.15, 0.2) is 0 Å². The lowest BCUT2D eigenvalue weighted by Gasteiger charge is -2.38. The molecule has 0 atom stereocenters. The van der Waals surface area contributed by atoms with Crippen molar-refractivity contribution in [1.29, 1.82) is 0 Å². The second kappa shape index (κ2) is 8.35. The highest BCUT2D eigenvalue weighted by molar-refractivity contribution is 4.86. The molecule has 1 saturated heterocycles. The average molecular weight is 282 g/mol. The minimum absolute atomic E-state index is 0.519. The minimum Gasteiger partial charge on any atom is -0.381 e. The summed E-state index contributed by atoms with van der Waals surface area (Å²) in [7, 11) is 4.45. The summed E-state index contributed by atoms with van der Waals surface area (Å²) in [6, 6.07) is 0. The van der Waals surface area contributed by atoms with Crippen molar-refractivity contribution in [1.82, 2.24) is 10.2 Å². The predicted octanol–water partition coefficient (Wildman–Crippen LogP) is 2.90. The Hall–Kier alpha value is -0.120. The molecular weight excluding hydrogens is 248 g/mol. The monoisotopic (exact) mass is 282 g/mol. The summed E-state index contributed by atoms with van der Waals surface area (Å²) in [5, 5.41) is 3.47. The Morgan fingerprint density at radius 3 is 2.35 bits per heavy atom. The van der Waals surface area contributed by atoms with Crippen LogP contribution >= 0.6 is 0 Å². The topological polar surface area (TPSA) is 24.5 Å². The zero-order valence-corrected chi connectivity index (χ0v) is 13.6. The summed E-state index contributed by atoms with van der Waals surface area (Å²) >= 11 is 0. The van der Waals surface area contributed by atoms with E-state index in [0.29, 0.717) is 5.41 Å². The van der Waals surface area contributed by atoms with Gasteiger partial charge < -0.3 is 15.0 Å². The zero-order chi connectivity index (χ0) is 14.3. The number of nitrogens with one attached hydrogen (secondary N) is 1. The second-order valence-corrected chi connectivity index (χ2v) is 7.20. The van der Waals surface area contributed by atoms with Gasteiger partial charge in [0.25, 0.3) is 0 Å². The third kappa shape index (κ3) is 5.01. The standard InChI is InChI=1S/C17H34N2O/c1-18-14-17(9-5-3-4-6-10-17)15-19(2)13-16-7-11-20-12-8-16/h16,18H,3-15H2,1-2H3.